The number of hydrogen-bond donors (Lipinski definition) is 0. The minimum absolute atomic E-state index is 0.186. The number of carbonyl (C=O) groups excluding carboxylic acids is 1. The third kappa shape index (κ3) is 3.07. The molecule has 3 aromatic rings. The predicted molar refractivity (Wildman–Crippen MR) is 97.5 cm³/mol. The minimum atomic E-state index is -0.284. The average molecular weight is 367 g/mol. The van der Waals surface area contributed by atoms with Crippen LogP contribution in [-0.2, 0) is 19.6 Å². The van der Waals surface area contributed by atoms with Crippen molar-refractivity contribution in [3.63, 3.8) is 0 Å². The molecular formula is C19H21N5O3. The fraction of sp³-hybridized carbons (Fsp3) is 0.368. The number of nitrogens with zero attached hydrogens (tertiary/aromatic N) is 5. The molecule has 0 spiro atoms. The van der Waals surface area contributed by atoms with E-state index in [4.69, 9.17) is 4.52 Å². The van der Waals surface area contributed by atoms with Crippen LogP contribution >= 0.6 is 0 Å². The normalized spacial score (nSPS) is 13.9. The number of aryl methyl sites for hydroxylation is 3. The van der Waals surface area contributed by atoms with Crippen LogP contribution in [0.2, 0.25) is 0 Å². The molecule has 0 fully saturated rings. The van der Waals surface area contributed by atoms with Crippen LogP contribution in [0, 0.1) is 20.8 Å². The Bertz CT molecular complexity index is 1060. The van der Waals surface area contributed by atoms with Crippen molar-refractivity contribution in [2.24, 2.45) is 0 Å². The summed E-state index contributed by atoms with van der Waals surface area (Å²) in [5.41, 5.74) is 3.47. The standard InChI is InChI=1S/C19H21N5O3/c1-12-5-4-6-15(9-12)10-22-7-8-23-17(18(22)25)20-24(19(23)26)11-16-13(2)21-27-14(16)3/h4-6,9H,7-8,10-11H2,1-3H3. The number of hydrogen-bond acceptors (Lipinski definition) is 5. The molecule has 0 saturated carbocycles. The molecule has 3 heterocycles. The Morgan fingerprint density at radius 2 is 1.93 bits per heavy atom. The smallest absolute Gasteiger partial charge is 0.346 e. The van der Waals surface area contributed by atoms with Gasteiger partial charge in [0.1, 0.15) is 5.76 Å². The third-order valence-corrected chi connectivity index (χ3v) is 4.94. The highest BCUT2D eigenvalue weighted by atomic mass is 16.5. The Morgan fingerprint density at radius 1 is 1.11 bits per heavy atom. The molecule has 27 heavy (non-hydrogen) atoms. The van der Waals surface area contributed by atoms with Gasteiger partial charge in [0, 0.05) is 25.2 Å². The molecule has 1 aliphatic heterocycles. The van der Waals surface area contributed by atoms with Crippen molar-refractivity contribution >= 4 is 5.91 Å². The zero-order valence-electron chi connectivity index (χ0n) is 15.6. The highest BCUT2D eigenvalue weighted by Crippen LogP contribution is 2.16. The Morgan fingerprint density at radius 3 is 2.63 bits per heavy atom. The highest BCUT2D eigenvalue weighted by molar-refractivity contribution is 5.91. The second-order valence-electron chi connectivity index (χ2n) is 6.93. The van der Waals surface area contributed by atoms with Crippen molar-refractivity contribution in [2.45, 2.75) is 40.4 Å². The van der Waals surface area contributed by atoms with Crippen LogP contribution in [0.4, 0.5) is 0 Å². The molecule has 4 rings (SSSR count). The summed E-state index contributed by atoms with van der Waals surface area (Å²) in [6.07, 6.45) is 0. The van der Waals surface area contributed by atoms with Gasteiger partial charge in [-0.25, -0.2) is 9.48 Å². The van der Waals surface area contributed by atoms with Crippen LogP contribution in [0.5, 0.6) is 0 Å². The molecule has 0 atom stereocenters. The van der Waals surface area contributed by atoms with E-state index in [1.165, 1.54) is 9.25 Å². The second-order valence-corrected chi connectivity index (χ2v) is 6.93. The maximum Gasteiger partial charge on any atom is 0.346 e. The molecule has 0 saturated heterocycles. The van der Waals surface area contributed by atoms with E-state index in [9.17, 15) is 9.59 Å². The second kappa shape index (κ2) is 6.53. The lowest BCUT2D eigenvalue weighted by atomic mass is 10.1. The van der Waals surface area contributed by atoms with Crippen molar-refractivity contribution in [3.8, 4) is 0 Å². The van der Waals surface area contributed by atoms with Crippen LogP contribution in [0.25, 0.3) is 0 Å². The van der Waals surface area contributed by atoms with Gasteiger partial charge >= 0.3 is 5.69 Å². The largest absolute Gasteiger partial charge is 0.361 e. The summed E-state index contributed by atoms with van der Waals surface area (Å²) in [5, 5.41) is 8.21. The van der Waals surface area contributed by atoms with Gasteiger partial charge in [0.15, 0.2) is 0 Å². The first-order chi connectivity index (χ1) is 12.9. The fourth-order valence-electron chi connectivity index (χ4n) is 3.43. The van der Waals surface area contributed by atoms with Crippen LogP contribution in [-0.4, -0.2) is 36.9 Å². The molecule has 140 valence electrons. The van der Waals surface area contributed by atoms with Gasteiger partial charge in [-0.1, -0.05) is 35.0 Å². The third-order valence-electron chi connectivity index (χ3n) is 4.94. The summed E-state index contributed by atoms with van der Waals surface area (Å²) >= 11 is 0. The maximum atomic E-state index is 12.9. The van der Waals surface area contributed by atoms with Crippen LogP contribution in [0.3, 0.4) is 0 Å². The van der Waals surface area contributed by atoms with Gasteiger partial charge in [0.2, 0.25) is 5.82 Å². The van der Waals surface area contributed by atoms with Gasteiger partial charge in [-0.15, -0.1) is 5.10 Å². The zero-order valence-corrected chi connectivity index (χ0v) is 15.6. The fourth-order valence-corrected chi connectivity index (χ4v) is 3.43. The zero-order chi connectivity index (χ0) is 19.1. The molecule has 8 heteroatoms. The maximum absolute atomic E-state index is 12.9. The van der Waals surface area contributed by atoms with Crippen molar-refractivity contribution in [2.75, 3.05) is 6.54 Å². The average Bonchev–Trinajstić information content (AvgIpc) is 3.12. The lowest BCUT2D eigenvalue weighted by Gasteiger charge is -2.26. The number of aromatic nitrogens is 4. The summed E-state index contributed by atoms with van der Waals surface area (Å²) in [4.78, 5) is 27.3. The molecule has 0 unspecified atom stereocenters. The lowest BCUT2D eigenvalue weighted by molar-refractivity contribution is 0.0681. The predicted octanol–water partition coefficient (Wildman–Crippen LogP) is 1.66. The van der Waals surface area contributed by atoms with Gasteiger partial charge in [-0.05, 0) is 26.3 Å². The van der Waals surface area contributed by atoms with E-state index < -0.39 is 0 Å². The van der Waals surface area contributed by atoms with Crippen molar-refractivity contribution in [1.29, 1.82) is 0 Å². The molecule has 2 aromatic heterocycles. The van der Waals surface area contributed by atoms with Crippen LogP contribution in [0.1, 0.15) is 38.8 Å². The summed E-state index contributed by atoms with van der Waals surface area (Å²) < 4.78 is 7.92. The first-order valence-corrected chi connectivity index (χ1v) is 8.88. The van der Waals surface area contributed by atoms with E-state index in [1.807, 2.05) is 32.0 Å². The van der Waals surface area contributed by atoms with E-state index in [2.05, 4.69) is 16.3 Å². The van der Waals surface area contributed by atoms with Gasteiger partial charge in [0.25, 0.3) is 5.91 Å². The first kappa shape index (κ1) is 17.3. The van der Waals surface area contributed by atoms with E-state index in [0.29, 0.717) is 25.4 Å². The Labute approximate surface area is 156 Å². The quantitative estimate of drug-likeness (QED) is 0.700. The van der Waals surface area contributed by atoms with E-state index in [-0.39, 0.29) is 24.0 Å². The van der Waals surface area contributed by atoms with E-state index >= 15 is 0 Å². The van der Waals surface area contributed by atoms with Crippen molar-refractivity contribution in [1.82, 2.24) is 24.4 Å². The molecule has 0 radical (unpaired) electrons. The summed E-state index contributed by atoms with van der Waals surface area (Å²) in [5.74, 6) is 0.612. The number of carbonyl (C=O) groups is 1. The van der Waals surface area contributed by atoms with Gasteiger partial charge in [-0.2, -0.15) is 0 Å². The topological polar surface area (TPSA) is 86.2 Å². The molecule has 0 N–H and O–H groups in total. The molecule has 0 bridgehead atoms. The number of rotatable bonds is 4. The molecule has 8 nitrogen and oxygen atoms in total. The summed E-state index contributed by atoms with van der Waals surface area (Å²) in [6.45, 7) is 7.31. The highest BCUT2D eigenvalue weighted by Gasteiger charge is 2.30. The lowest BCUT2D eigenvalue weighted by Crippen LogP contribution is -2.42. The molecule has 1 aliphatic rings. The van der Waals surface area contributed by atoms with E-state index in [1.54, 1.807) is 11.8 Å². The Kier molecular flexibility index (Phi) is 4.18. The number of fused-ring (bicyclic) bond motifs is 1. The van der Waals surface area contributed by atoms with Crippen LogP contribution in [0.15, 0.2) is 33.6 Å². The summed E-state index contributed by atoms with van der Waals surface area (Å²) in [6, 6.07) is 8.06. The van der Waals surface area contributed by atoms with Crippen LogP contribution < -0.4 is 5.69 Å². The summed E-state index contributed by atoms with van der Waals surface area (Å²) in [7, 11) is 0. The molecular weight excluding hydrogens is 346 g/mol. The molecule has 0 aliphatic carbocycles. The van der Waals surface area contributed by atoms with Gasteiger partial charge < -0.3 is 9.42 Å². The van der Waals surface area contributed by atoms with Gasteiger partial charge in [-0.3, -0.25) is 9.36 Å². The molecule has 1 amide bonds. The van der Waals surface area contributed by atoms with E-state index in [0.717, 1.165) is 22.4 Å². The van der Waals surface area contributed by atoms with Crippen molar-refractivity contribution < 1.29 is 9.32 Å². The van der Waals surface area contributed by atoms with Crippen molar-refractivity contribution in [3.05, 3.63) is 68.7 Å². The monoisotopic (exact) mass is 367 g/mol. The Balaban J connectivity index is 1.61. The number of amides is 1. The van der Waals surface area contributed by atoms with Gasteiger partial charge in [0.05, 0.1) is 12.2 Å². The first-order valence-electron chi connectivity index (χ1n) is 8.88. The SMILES string of the molecule is Cc1cccc(CN2CCn3c(nn(Cc4c(C)noc4C)c3=O)C2=O)c1. The minimum Gasteiger partial charge on any atom is -0.361 e. The molecule has 1 aromatic carbocycles. The Hall–Kier alpha value is -3.16. The number of benzene rings is 1.